The van der Waals surface area contributed by atoms with Gasteiger partial charge in [0.25, 0.3) is 5.91 Å². The second-order valence-corrected chi connectivity index (χ2v) is 7.66. The highest BCUT2D eigenvalue weighted by Gasteiger charge is 2.41. The fourth-order valence-corrected chi connectivity index (χ4v) is 4.30. The van der Waals surface area contributed by atoms with E-state index in [0.717, 1.165) is 0 Å². The third kappa shape index (κ3) is 3.82. The molecule has 0 saturated heterocycles. The van der Waals surface area contributed by atoms with Crippen LogP contribution in [0.2, 0.25) is 5.02 Å². The van der Waals surface area contributed by atoms with E-state index in [1.165, 1.54) is 23.4 Å². The number of anilines is 1. The Bertz CT molecular complexity index is 1160. The molecule has 7 nitrogen and oxygen atoms in total. The van der Waals surface area contributed by atoms with E-state index in [1.807, 2.05) is 0 Å². The molecule has 0 radical (unpaired) electrons. The van der Waals surface area contributed by atoms with Crippen LogP contribution in [-0.2, 0) is 11.2 Å². The monoisotopic (exact) mass is 439 g/mol. The van der Waals surface area contributed by atoms with Crippen molar-refractivity contribution in [2.45, 2.75) is 24.9 Å². The smallest absolute Gasteiger partial charge is 0.277 e. The molecule has 1 heterocycles. The van der Waals surface area contributed by atoms with Gasteiger partial charge in [-0.15, -0.1) is 0 Å². The molecule has 0 saturated carbocycles. The van der Waals surface area contributed by atoms with Crippen LogP contribution in [0.25, 0.3) is 0 Å². The minimum atomic E-state index is -1.13. The Hall–Kier alpha value is -3.52. The number of nitrogens with two attached hydrogens (primary N) is 2. The van der Waals surface area contributed by atoms with E-state index in [0.29, 0.717) is 29.5 Å². The van der Waals surface area contributed by atoms with Crippen LogP contribution in [0.1, 0.15) is 45.7 Å². The van der Waals surface area contributed by atoms with Crippen molar-refractivity contribution in [2.24, 2.45) is 5.73 Å². The van der Waals surface area contributed by atoms with Crippen molar-refractivity contribution >= 4 is 29.2 Å². The molecule has 158 valence electrons. The molecule has 0 spiro atoms. The zero-order valence-corrected chi connectivity index (χ0v) is 17.1. The van der Waals surface area contributed by atoms with Crippen molar-refractivity contribution in [1.82, 2.24) is 14.9 Å². The lowest BCUT2D eigenvalue weighted by molar-refractivity contribution is -0.123. The Morgan fingerprint density at radius 1 is 1.16 bits per heavy atom. The third-order valence-corrected chi connectivity index (χ3v) is 5.60. The van der Waals surface area contributed by atoms with E-state index in [2.05, 4.69) is 9.97 Å². The average Bonchev–Trinajstić information content (AvgIpc) is 3.16. The lowest BCUT2D eigenvalue weighted by atomic mass is 9.98. The van der Waals surface area contributed by atoms with Crippen LogP contribution in [0, 0.1) is 5.82 Å². The Labute approximate surface area is 182 Å². The first-order valence-electron chi connectivity index (χ1n) is 9.59. The second-order valence-electron chi connectivity index (χ2n) is 7.23. The summed E-state index contributed by atoms with van der Waals surface area (Å²) in [6.45, 7) is 0. The molecule has 2 aromatic carbocycles. The summed E-state index contributed by atoms with van der Waals surface area (Å²) in [5, 5.41) is 0.199. The number of nitrogens with zero attached hydrogens (tertiary/aromatic N) is 3. The van der Waals surface area contributed by atoms with Crippen molar-refractivity contribution in [2.75, 3.05) is 5.73 Å². The minimum Gasteiger partial charge on any atom is -0.382 e. The summed E-state index contributed by atoms with van der Waals surface area (Å²) in [6.07, 6.45) is 3.46. The predicted molar refractivity (Wildman–Crippen MR) is 113 cm³/mol. The third-order valence-electron chi connectivity index (χ3n) is 5.38. The van der Waals surface area contributed by atoms with E-state index in [-0.39, 0.29) is 16.5 Å². The van der Waals surface area contributed by atoms with Crippen molar-refractivity contribution in [3.8, 4) is 0 Å². The van der Waals surface area contributed by atoms with Crippen LogP contribution in [0.3, 0.4) is 0 Å². The zero-order valence-electron chi connectivity index (χ0n) is 16.3. The maximum absolute atomic E-state index is 14.5. The molecule has 2 atom stereocenters. The molecule has 2 amide bonds. The van der Waals surface area contributed by atoms with Crippen LogP contribution in [0.5, 0.6) is 0 Å². The Kier molecular flexibility index (Phi) is 5.56. The Morgan fingerprint density at radius 3 is 2.55 bits per heavy atom. The number of nitrogen functional groups attached to an aromatic ring is 1. The molecule has 4 rings (SSSR count). The molecule has 1 aromatic heterocycles. The summed E-state index contributed by atoms with van der Waals surface area (Å²) in [5.74, 6) is -1.90. The first-order chi connectivity index (χ1) is 14.9. The number of benzene rings is 2. The molecule has 1 aliphatic carbocycles. The van der Waals surface area contributed by atoms with Gasteiger partial charge in [0.05, 0.1) is 6.04 Å². The van der Waals surface area contributed by atoms with E-state index in [4.69, 9.17) is 23.1 Å². The van der Waals surface area contributed by atoms with E-state index in [9.17, 15) is 14.0 Å². The molecule has 0 aliphatic heterocycles. The highest BCUT2D eigenvalue weighted by atomic mass is 35.5. The average molecular weight is 440 g/mol. The first kappa shape index (κ1) is 20.7. The zero-order chi connectivity index (χ0) is 22.1. The normalized spacial score (nSPS) is 15.9. The standard InChI is InChI=1S/C22H19ClFN5O2/c23-13-10-15-14(16(24)11-13)6-7-17(15)29(22(31)18-20(25)28-9-8-27-18)19(21(26)30)12-4-2-1-3-5-12/h1-5,8-11,17,19H,6-7H2,(H2,25,28)(H2,26,30)/t17-,19-/m1/s1. The number of primary amides is 1. The minimum absolute atomic E-state index is 0.0794. The highest BCUT2D eigenvalue weighted by molar-refractivity contribution is 6.30. The highest BCUT2D eigenvalue weighted by Crippen LogP contribution is 2.43. The molecule has 31 heavy (non-hydrogen) atoms. The molecule has 0 bridgehead atoms. The quantitative estimate of drug-likeness (QED) is 0.633. The van der Waals surface area contributed by atoms with Gasteiger partial charge in [-0.3, -0.25) is 9.59 Å². The SMILES string of the molecule is NC(=O)[C@@H](c1ccccc1)N(C(=O)c1nccnc1N)[C@@H]1CCc2c(F)cc(Cl)cc21. The number of rotatable bonds is 5. The number of carbonyl (C=O) groups is 2. The van der Waals surface area contributed by atoms with Crippen molar-refractivity contribution in [3.63, 3.8) is 0 Å². The molecule has 9 heteroatoms. The van der Waals surface area contributed by atoms with Gasteiger partial charge in [-0.25, -0.2) is 14.4 Å². The number of halogens is 2. The number of carbonyl (C=O) groups excluding carboxylic acids is 2. The number of hydrogen-bond donors (Lipinski definition) is 2. The molecule has 0 fully saturated rings. The second kappa shape index (κ2) is 8.31. The maximum Gasteiger partial charge on any atom is 0.277 e. The van der Waals surface area contributed by atoms with Crippen LogP contribution in [-0.4, -0.2) is 26.7 Å². The summed E-state index contributed by atoms with van der Waals surface area (Å²) < 4.78 is 14.5. The van der Waals surface area contributed by atoms with Crippen LogP contribution >= 0.6 is 11.6 Å². The summed E-state index contributed by atoms with van der Waals surface area (Å²) in [7, 11) is 0. The van der Waals surface area contributed by atoms with Gasteiger partial charge in [0, 0.05) is 17.4 Å². The van der Waals surface area contributed by atoms with Crippen LogP contribution < -0.4 is 11.5 Å². The van der Waals surface area contributed by atoms with Gasteiger partial charge in [0.2, 0.25) is 5.91 Å². The number of fused-ring (bicyclic) bond motifs is 1. The molecule has 4 N–H and O–H groups in total. The van der Waals surface area contributed by atoms with Gasteiger partial charge >= 0.3 is 0 Å². The number of hydrogen-bond acceptors (Lipinski definition) is 5. The summed E-state index contributed by atoms with van der Waals surface area (Å²) in [5.41, 5.74) is 13.1. The van der Waals surface area contributed by atoms with E-state index in [1.54, 1.807) is 36.4 Å². The van der Waals surface area contributed by atoms with Gasteiger partial charge in [0.15, 0.2) is 11.5 Å². The fourth-order valence-electron chi connectivity index (χ4n) is 4.08. The van der Waals surface area contributed by atoms with Crippen molar-refractivity contribution < 1.29 is 14.0 Å². The molecule has 1 aliphatic rings. The molecule has 0 unspecified atom stereocenters. The molecular weight excluding hydrogens is 421 g/mol. The Balaban J connectivity index is 1.90. The van der Waals surface area contributed by atoms with E-state index < -0.39 is 29.7 Å². The van der Waals surface area contributed by atoms with E-state index >= 15 is 0 Å². The summed E-state index contributed by atoms with van der Waals surface area (Å²) in [6, 6.07) is 9.72. The van der Waals surface area contributed by atoms with Crippen LogP contribution in [0.4, 0.5) is 10.2 Å². The summed E-state index contributed by atoms with van der Waals surface area (Å²) in [4.78, 5) is 35.6. The molecule has 3 aromatic rings. The van der Waals surface area contributed by atoms with Gasteiger partial charge in [-0.05, 0) is 41.7 Å². The lowest BCUT2D eigenvalue weighted by Crippen LogP contribution is -2.44. The van der Waals surface area contributed by atoms with Crippen molar-refractivity contribution in [3.05, 3.63) is 88.1 Å². The van der Waals surface area contributed by atoms with Crippen molar-refractivity contribution in [1.29, 1.82) is 0 Å². The van der Waals surface area contributed by atoms with Gasteiger partial charge in [-0.2, -0.15) is 0 Å². The summed E-state index contributed by atoms with van der Waals surface area (Å²) >= 11 is 6.10. The van der Waals surface area contributed by atoms with Gasteiger partial charge in [0.1, 0.15) is 11.9 Å². The van der Waals surface area contributed by atoms with Gasteiger partial charge in [-0.1, -0.05) is 41.9 Å². The lowest BCUT2D eigenvalue weighted by Gasteiger charge is -2.35. The number of amides is 2. The molecular formula is C22H19ClFN5O2. The number of aromatic nitrogens is 2. The van der Waals surface area contributed by atoms with Gasteiger partial charge < -0.3 is 16.4 Å². The fraction of sp³-hybridized carbons (Fsp3) is 0.182. The predicted octanol–water partition coefficient (Wildman–Crippen LogP) is 3.21. The Morgan fingerprint density at radius 2 is 1.87 bits per heavy atom. The van der Waals surface area contributed by atoms with Crippen LogP contribution in [0.15, 0.2) is 54.9 Å². The first-order valence-corrected chi connectivity index (χ1v) is 9.97. The topological polar surface area (TPSA) is 115 Å². The maximum atomic E-state index is 14.5. The largest absolute Gasteiger partial charge is 0.382 e.